The highest BCUT2D eigenvalue weighted by Gasteiger charge is 2.20. The SMILES string of the molecule is CCC(=O)N1CCN(c2ccc(NC(=O)c3ccc4nsnc4c3)cc2)CC1. The number of anilines is 2. The Morgan fingerprint density at radius 1 is 1.00 bits per heavy atom. The molecule has 0 spiro atoms. The van der Waals surface area contributed by atoms with Crippen LogP contribution in [0.1, 0.15) is 23.7 Å². The lowest BCUT2D eigenvalue weighted by Gasteiger charge is -2.36. The largest absolute Gasteiger partial charge is 0.368 e. The van der Waals surface area contributed by atoms with Crippen LogP contribution in [0, 0.1) is 0 Å². The van der Waals surface area contributed by atoms with Crippen LogP contribution in [-0.2, 0) is 4.79 Å². The second-order valence-corrected chi connectivity index (χ2v) is 7.22. The molecule has 7 nitrogen and oxygen atoms in total. The minimum Gasteiger partial charge on any atom is -0.368 e. The summed E-state index contributed by atoms with van der Waals surface area (Å²) in [6.07, 6.45) is 0.556. The van der Waals surface area contributed by atoms with Crippen LogP contribution in [0.5, 0.6) is 0 Å². The van der Waals surface area contributed by atoms with Gasteiger partial charge in [0, 0.05) is 49.5 Å². The first-order valence-corrected chi connectivity index (χ1v) is 10.0. The molecule has 28 heavy (non-hydrogen) atoms. The lowest BCUT2D eigenvalue weighted by Crippen LogP contribution is -2.48. The predicted octanol–water partition coefficient (Wildman–Crippen LogP) is 3.00. The topological polar surface area (TPSA) is 78.4 Å². The van der Waals surface area contributed by atoms with Crippen molar-refractivity contribution in [2.24, 2.45) is 0 Å². The van der Waals surface area contributed by atoms with Crippen LogP contribution in [0.4, 0.5) is 11.4 Å². The van der Waals surface area contributed by atoms with Crippen molar-refractivity contribution in [1.29, 1.82) is 0 Å². The van der Waals surface area contributed by atoms with E-state index in [1.54, 1.807) is 18.2 Å². The monoisotopic (exact) mass is 395 g/mol. The van der Waals surface area contributed by atoms with Crippen molar-refractivity contribution in [2.75, 3.05) is 36.4 Å². The van der Waals surface area contributed by atoms with Gasteiger partial charge in [-0.25, -0.2) is 0 Å². The van der Waals surface area contributed by atoms with E-state index in [4.69, 9.17) is 0 Å². The standard InChI is InChI=1S/C20H21N5O2S/c1-2-19(26)25-11-9-24(10-12-25)16-6-4-15(5-7-16)21-20(27)14-3-8-17-18(13-14)23-28-22-17/h3-8,13H,2,9-12H2,1H3,(H,21,27). The predicted molar refractivity (Wildman–Crippen MR) is 111 cm³/mol. The molecule has 1 N–H and O–H groups in total. The Kier molecular flexibility index (Phi) is 5.21. The summed E-state index contributed by atoms with van der Waals surface area (Å²) in [5.74, 6) is 0.0404. The minimum absolute atomic E-state index is 0.172. The maximum atomic E-state index is 12.5. The van der Waals surface area contributed by atoms with Gasteiger partial charge in [0.25, 0.3) is 5.91 Å². The van der Waals surface area contributed by atoms with Gasteiger partial charge in [0.1, 0.15) is 11.0 Å². The fourth-order valence-electron chi connectivity index (χ4n) is 3.32. The Morgan fingerprint density at radius 3 is 2.43 bits per heavy atom. The number of piperazine rings is 1. The van der Waals surface area contributed by atoms with Crippen molar-refractivity contribution < 1.29 is 9.59 Å². The number of hydrogen-bond acceptors (Lipinski definition) is 6. The molecule has 4 rings (SSSR count). The molecule has 8 heteroatoms. The normalized spacial score (nSPS) is 14.3. The molecule has 1 fully saturated rings. The Bertz CT molecular complexity index is 993. The molecule has 2 heterocycles. The van der Waals surface area contributed by atoms with Gasteiger partial charge in [-0.2, -0.15) is 8.75 Å². The summed E-state index contributed by atoms with van der Waals surface area (Å²) < 4.78 is 8.32. The fraction of sp³-hybridized carbons (Fsp3) is 0.300. The summed E-state index contributed by atoms with van der Waals surface area (Å²) in [4.78, 5) is 28.5. The van der Waals surface area contributed by atoms with Crippen molar-refractivity contribution in [2.45, 2.75) is 13.3 Å². The highest BCUT2D eigenvalue weighted by Crippen LogP contribution is 2.21. The number of carbonyl (C=O) groups is 2. The average Bonchev–Trinajstić information content (AvgIpc) is 3.22. The minimum atomic E-state index is -0.172. The third kappa shape index (κ3) is 3.82. The fourth-order valence-corrected chi connectivity index (χ4v) is 3.84. The zero-order chi connectivity index (χ0) is 19.5. The van der Waals surface area contributed by atoms with Gasteiger partial charge in [0.2, 0.25) is 5.91 Å². The maximum absolute atomic E-state index is 12.5. The summed E-state index contributed by atoms with van der Waals surface area (Å²) >= 11 is 1.14. The van der Waals surface area contributed by atoms with E-state index in [1.165, 1.54) is 0 Å². The highest BCUT2D eigenvalue weighted by atomic mass is 32.1. The molecule has 1 aromatic heterocycles. The number of aromatic nitrogens is 2. The van der Waals surface area contributed by atoms with Crippen molar-refractivity contribution in [3.8, 4) is 0 Å². The zero-order valence-corrected chi connectivity index (χ0v) is 16.4. The van der Waals surface area contributed by atoms with Crippen LogP contribution in [0.3, 0.4) is 0 Å². The number of benzene rings is 2. The lowest BCUT2D eigenvalue weighted by molar-refractivity contribution is -0.131. The van der Waals surface area contributed by atoms with Crippen LogP contribution in [0.15, 0.2) is 42.5 Å². The van der Waals surface area contributed by atoms with Gasteiger partial charge < -0.3 is 15.1 Å². The van der Waals surface area contributed by atoms with Gasteiger partial charge in [0.15, 0.2) is 0 Å². The van der Waals surface area contributed by atoms with Crippen molar-refractivity contribution >= 4 is 46.0 Å². The summed E-state index contributed by atoms with van der Waals surface area (Å²) in [6.45, 7) is 5.03. The number of amides is 2. The Balaban J connectivity index is 1.38. The number of carbonyl (C=O) groups excluding carboxylic acids is 2. The van der Waals surface area contributed by atoms with E-state index in [1.807, 2.05) is 36.1 Å². The molecule has 0 aliphatic carbocycles. The molecule has 144 valence electrons. The summed E-state index contributed by atoms with van der Waals surface area (Å²) in [5, 5.41) is 2.92. The molecule has 0 radical (unpaired) electrons. The second-order valence-electron chi connectivity index (χ2n) is 6.69. The number of nitrogens with one attached hydrogen (secondary N) is 1. The lowest BCUT2D eigenvalue weighted by atomic mass is 10.1. The number of fused-ring (bicyclic) bond motifs is 1. The van der Waals surface area contributed by atoms with Crippen LogP contribution in [0.2, 0.25) is 0 Å². The van der Waals surface area contributed by atoms with E-state index >= 15 is 0 Å². The van der Waals surface area contributed by atoms with Crippen LogP contribution < -0.4 is 10.2 Å². The first kappa shape index (κ1) is 18.4. The Morgan fingerprint density at radius 2 is 1.71 bits per heavy atom. The molecule has 1 aliphatic heterocycles. The van der Waals surface area contributed by atoms with Crippen molar-refractivity contribution in [1.82, 2.24) is 13.6 Å². The molecular weight excluding hydrogens is 374 g/mol. The molecule has 3 aromatic rings. The molecule has 0 unspecified atom stereocenters. The van der Waals surface area contributed by atoms with Gasteiger partial charge in [-0.15, -0.1) is 0 Å². The zero-order valence-electron chi connectivity index (χ0n) is 15.6. The number of hydrogen-bond donors (Lipinski definition) is 1. The molecule has 2 amide bonds. The molecule has 0 saturated carbocycles. The number of nitrogens with zero attached hydrogens (tertiary/aromatic N) is 4. The smallest absolute Gasteiger partial charge is 0.255 e. The Hall–Kier alpha value is -3.00. The highest BCUT2D eigenvalue weighted by molar-refractivity contribution is 7.00. The average molecular weight is 395 g/mol. The quantitative estimate of drug-likeness (QED) is 0.735. The van der Waals surface area contributed by atoms with Gasteiger partial charge in [0.05, 0.1) is 11.7 Å². The van der Waals surface area contributed by atoms with E-state index < -0.39 is 0 Å². The van der Waals surface area contributed by atoms with Gasteiger partial charge in [-0.3, -0.25) is 9.59 Å². The van der Waals surface area contributed by atoms with Gasteiger partial charge in [-0.1, -0.05) is 6.92 Å². The summed E-state index contributed by atoms with van der Waals surface area (Å²) in [6, 6.07) is 13.1. The third-order valence-electron chi connectivity index (χ3n) is 4.94. The van der Waals surface area contributed by atoms with E-state index in [-0.39, 0.29) is 11.8 Å². The first-order chi connectivity index (χ1) is 13.6. The van der Waals surface area contributed by atoms with E-state index in [9.17, 15) is 9.59 Å². The summed E-state index contributed by atoms with van der Waals surface area (Å²) in [5.41, 5.74) is 3.92. The summed E-state index contributed by atoms with van der Waals surface area (Å²) in [7, 11) is 0. The Labute approximate surface area is 167 Å². The van der Waals surface area contributed by atoms with Crippen molar-refractivity contribution in [3.05, 3.63) is 48.0 Å². The molecule has 1 aliphatic rings. The first-order valence-electron chi connectivity index (χ1n) is 9.30. The molecule has 1 saturated heterocycles. The van der Waals surface area contributed by atoms with Crippen LogP contribution >= 0.6 is 11.7 Å². The van der Waals surface area contributed by atoms with Crippen molar-refractivity contribution in [3.63, 3.8) is 0 Å². The molecular formula is C20H21N5O2S. The molecule has 0 bridgehead atoms. The van der Waals surface area contributed by atoms with Gasteiger partial charge in [-0.05, 0) is 42.5 Å². The van der Waals surface area contributed by atoms with Crippen LogP contribution in [0.25, 0.3) is 11.0 Å². The molecule has 0 atom stereocenters. The molecule has 2 aromatic carbocycles. The van der Waals surface area contributed by atoms with Gasteiger partial charge >= 0.3 is 0 Å². The van der Waals surface area contributed by atoms with E-state index in [2.05, 4.69) is 19.0 Å². The third-order valence-corrected chi connectivity index (χ3v) is 5.50. The second kappa shape index (κ2) is 7.93. The number of rotatable bonds is 4. The van der Waals surface area contributed by atoms with E-state index in [0.717, 1.165) is 60.3 Å². The van der Waals surface area contributed by atoms with Crippen LogP contribution in [-0.4, -0.2) is 51.6 Å². The maximum Gasteiger partial charge on any atom is 0.255 e. The van der Waals surface area contributed by atoms with E-state index in [0.29, 0.717) is 12.0 Å².